The zero-order chi connectivity index (χ0) is 17.2. The topological polar surface area (TPSA) is 12.5 Å². The highest BCUT2D eigenvalue weighted by atomic mass is 16.5. The van der Waals surface area contributed by atoms with Crippen molar-refractivity contribution in [2.45, 2.75) is 26.4 Å². The summed E-state index contributed by atoms with van der Waals surface area (Å²) >= 11 is 0. The molecule has 0 bridgehead atoms. The van der Waals surface area contributed by atoms with Crippen molar-refractivity contribution in [1.29, 1.82) is 0 Å². The number of para-hydroxylation sites is 1. The summed E-state index contributed by atoms with van der Waals surface area (Å²) in [6.45, 7) is 10.6. The zero-order valence-corrected chi connectivity index (χ0v) is 14.7. The second kappa shape index (κ2) is 9.74. The first kappa shape index (κ1) is 18.0. The molecule has 0 aliphatic carbocycles. The molecule has 0 aromatic heterocycles. The van der Waals surface area contributed by atoms with Crippen molar-refractivity contribution in [3.05, 3.63) is 90.5 Å². The number of hydrogen-bond donors (Lipinski definition) is 0. The fourth-order valence-electron chi connectivity index (χ4n) is 2.39. The summed E-state index contributed by atoms with van der Waals surface area (Å²) in [6.07, 6.45) is 4.23. The summed E-state index contributed by atoms with van der Waals surface area (Å²) in [4.78, 5) is 2.40. The summed E-state index contributed by atoms with van der Waals surface area (Å²) in [7, 11) is 0. The van der Waals surface area contributed by atoms with Gasteiger partial charge < -0.3 is 4.74 Å². The minimum atomic E-state index is 0.323. The molecule has 2 rings (SSSR count). The normalized spacial score (nSPS) is 12.9. The Labute approximate surface area is 146 Å². The summed E-state index contributed by atoms with van der Waals surface area (Å²) in [5.74, 6) is 0.908. The Morgan fingerprint density at radius 1 is 1.08 bits per heavy atom. The lowest BCUT2D eigenvalue weighted by atomic mass is 10.1. The van der Waals surface area contributed by atoms with E-state index in [4.69, 9.17) is 4.74 Å². The van der Waals surface area contributed by atoms with Gasteiger partial charge in [0.25, 0.3) is 0 Å². The Morgan fingerprint density at radius 2 is 1.71 bits per heavy atom. The standard InChI is InChI=1S/C22H27NO/c1-4-20(3)23(17-21-11-7-5-8-12-21)16-15-19(2)18-24-22-13-9-6-10-14-22/h4-15,20H,1,16-18H2,2-3H3/b19-15-. The van der Waals surface area contributed by atoms with Gasteiger partial charge in [0.15, 0.2) is 0 Å². The van der Waals surface area contributed by atoms with Crippen molar-refractivity contribution >= 4 is 0 Å². The molecule has 24 heavy (non-hydrogen) atoms. The quantitative estimate of drug-likeness (QED) is 0.597. The molecule has 0 aliphatic heterocycles. The van der Waals surface area contributed by atoms with Crippen LogP contribution in [0.2, 0.25) is 0 Å². The Balaban J connectivity index is 1.91. The Bertz CT molecular complexity index is 634. The Hall–Kier alpha value is -2.32. The molecule has 2 heteroatoms. The predicted octanol–water partition coefficient (Wildman–Crippen LogP) is 5.09. The molecule has 0 saturated heterocycles. The average molecular weight is 321 g/mol. The largest absolute Gasteiger partial charge is 0.489 e. The molecule has 2 nitrogen and oxygen atoms in total. The Kier molecular flexibility index (Phi) is 7.31. The molecule has 0 radical (unpaired) electrons. The van der Waals surface area contributed by atoms with Crippen molar-refractivity contribution < 1.29 is 4.74 Å². The third-order valence-corrected chi connectivity index (χ3v) is 4.03. The highest BCUT2D eigenvalue weighted by Crippen LogP contribution is 2.12. The van der Waals surface area contributed by atoms with Crippen LogP contribution in [0.15, 0.2) is 85.0 Å². The van der Waals surface area contributed by atoms with Crippen molar-refractivity contribution in [1.82, 2.24) is 4.90 Å². The summed E-state index contributed by atoms with van der Waals surface area (Å²) in [5, 5.41) is 0. The lowest BCUT2D eigenvalue weighted by Gasteiger charge is -2.26. The van der Waals surface area contributed by atoms with Crippen LogP contribution in [0.1, 0.15) is 19.4 Å². The molecule has 0 spiro atoms. The van der Waals surface area contributed by atoms with E-state index in [1.54, 1.807) is 0 Å². The maximum atomic E-state index is 5.80. The molecule has 2 aromatic rings. The highest BCUT2D eigenvalue weighted by Gasteiger charge is 2.10. The number of nitrogens with zero attached hydrogens (tertiary/aromatic N) is 1. The van der Waals surface area contributed by atoms with Crippen molar-refractivity contribution in [3.63, 3.8) is 0 Å². The van der Waals surface area contributed by atoms with Gasteiger partial charge in [-0.1, -0.05) is 60.7 Å². The van der Waals surface area contributed by atoms with Crippen molar-refractivity contribution in [2.24, 2.45) is 0 Å². The molecule has 0 saturated carbocycles. The molecular formula is C22H27NO. The predicted molar refractivity (Wildman–Crippen MR) is 102 cm³/mol. The number of rotatable bonds is 9. The van der Waals surface area contributed by atoms with Crippen LogP contribution in [-0.4, -0.2) is 24.1 Å². The molecule has 1 atom stereocenters. The van der Waals surface area contributed by atoms with E-state index in [-0.39, 0.29) is 0 Å². The first-order chi connectivity index (χ1) is 11.7. The fraction of sp³-hybridized carbons (Fsp3) is 0.273. The van der Waals surface area contributed by atoms with Crippen LogP contribution in [0, 0.1) is 0 Å². The lowest BCUT2D eigenvalue weighted by molar-refractivity contribution is 0.257. The summed E-state index contributed by atoms with van der Waals surface area (Å²) in [5.41, 5.74) is 2.55. The van der Waals surface area contributed by atoms with Gasteiger partial charge in [0.1, 0.15) is 12.4 Å². The van der Waals surface area contributed by atoms with E-state index in [2.05, 4.69) is 61.7 Å². The van der Waals surface area contributed by atoms with Crippen LogP contribution < -0.4 is 4.74 Å². The number of hydrogen-bond acceptors (Lipinski definition) is 2. The molecule has 1 unspecified atom stereocenters. The van der Waals surface area contributed by atoms with Gasteiger partial charge in [-0.3, -0.25) is 4.90 Å². The first-order valence-electron chi connectivity index (χ1n) is 8.43. The van der Waals surface area contributed by atoms with Crippen LogP contribution in [0.25, 0.3) is 0 Å². The van der Waals surface area contributed by atoms with Crippen LogP contribution >= 0.6 is 0 Å². The molecule has 126 valence electrons. The minimum absolute atomic E-state index is 0.323. The maximum Gasteiger partial charge on any atom is 0.119 e. The van der Waals surface area contributed by atoms with Gasteiger partial charge in [-0.2, -0.15) is 0 Å². The second-order valence-corrected chi connectivity index (χ2v) is 6.04. The van der Waals surface area contributed by atoms with E-state index in [0.717, 1.165) is 18.8 Å². The number of ether oxygens (including phenoxy) is 1. The minimum Gasteiger partial charge on any atom is -0.489 e. The first-order valence-corrected chi connectivity index (χ1v) is 8.43. The van der Waals surface area contributed by atoms with E-state index >= 15 is 0 Å². The van der Waals surface area contributed by atoms with Crippen molar-refractivity contribution in [2.75, 3.05) is 13.2 Å². The van der Waals surface area contributed by atoms with Crippen LogP contribution in [0.5, 0.6) is 5.75 Å². The van der Waals surface area contributed by atoms with Gasteiger partial charge in [-0.25, -0.2) is 0 Å². The molecule has 0 N–H and O–H groups in total. The van der Waals surface area contributed by atoms with Crippen LogP contribution in [-0.2, 0) is 6.54 Å². The van der Waals surface area contributed by atoms with Gasteiger partial charge in [0.2, 0.25) is 0 Å². The summed E-state index contributed by atoms with van der Waals surface area (Å²) in [6, 6.07) is 20.8. The SMILES string of the molecule is C=CC(C)N(C/C=C(/C)COc1ccccc1)Cc1ccccc1. The molecule has 0 aliphatic rings. The van der Waals surface area contributed by atoms with E-state index < -0.39 is 0 Å². The van der Waals surface area contributed by atoms with Crippen LogP contribution in [0.3, 0.4) is 0 Å². The smallest absolute Gasteiger partial charge is 0.119 e. The second-order valence-electron chi connectivity index (χ2n) is 6.04. The molecule has 0 heterocycles. The monoisotopic (exact) mass is 321 g/mol. The number of benzene rings is 2. The molecular weight excluding hydrogens is 294 g/mol. The molecule has 0 amide bonds. The third kappa shape index (κ3) is 6.05. The van der Waals surface area contributed by atoms with Gasteiger partial charge in [0.05, 0.1) is 0 Å². The van der Waals surface area contributed by atoms with Gasteiger partial charge in [0, 0.05) is 19.1 Å². The summed E-state index contributed by atoms with van der Waals surface area (Å²) < 4.78 is 5.80. The molecule has 2 aromatic carbocycles. The third-order valence-electron chi connectivity index (χ3n) is 4.03. The van der Waals surface area contributed by atoms with E-state index in [0.29, 0.717) is 12.6 Å². The molecule has 0 fully saturated rings. The fourth-order valence-corrected chi connectivity index (χ4v) is 2.39. The Morgan fingerprint density at radius 3 is 2.33 bits per heavy atom. The average Bonchev–Trinajstić information content (AvgIpc) is 2.64. The van der Waals surface area contributed by atoms with Gasteiger partial charge in [-0.05, 0) is 37.1 Å². The van der Waals surface area contributed by atoms with E-state index in [9.17, 15) is 0 Å². The lowest BCUT2D eigenvalue weighted by Crippen LogP contribution is -2.31. The van der Waals surface area contributed by atoms with Gasteiger partial charge in [-0.15, -0.1) is 6.58 Å². The van der Waals surface area contributed by atoms with E-state index in [1.165, 1.54) is 11.1 Å². The van der Waals surface area contributed by atoms with E-state index in [1.807, 2.05) is 36.4 Å². The highest BCUT2D eigenvalue weighted by molar-refractivity contribution is 5.21. The van der Waals surface area contributed by atoms with Crippen LogP contribution in [0.4, 0.5) is 0 Å². The maximum absolute atomic E-state index is 5.80. The van der Waals surface area contributed by atoms with Gasteiger partial charge >= 0.3 is 0 Å². The van der Waals surface area contributed by atoms with Crippen molar-refractivity contribution in [3.8, 4) is 5.75 Å². The zero-order valence-electron chi connectivity index (χ0n) is 14.7.